The van der Waals surface area contributed by atoms with Crippen LogP contribution in [-0.2, 0) is 0 Å². The van der Waals surface area contributed by atoms with Crippen molar-refractivity contribution < 1.29 is 4.79 Å². The van der Waals surface area contributed by atoms with Gasteiger partial charge in [0.25, 0.3) is 0 Å². The Kier molecular flexibility index (Phi) is 2.42. The molecule has 0 unspecified atom stereocenters. The van der Waals surface area contributed by atoms with Crippen molar-refractivity contribution in [2.75, 3.05) is 0 Å². The van der Waals surface area contributed by atoms with Crippen LogP contribution in [0.3, 0.4) is 0 Å². The molecule has 3 heteroatoms. The van der Waals surface area contributed by atoms with E-state index in [0.717, 1.165) is 10.9 Å². The first-order valence-electron chi connectivity index (χ1n) is 4.56. The molecule has 0 radical (unpaired) electrons. The van der Waals surface area contributed by atoms with Crippen molar-refractivity contribution in [1.82, 2.24) is 4.98 Å². The Labute approximate surface area is 87.0 Å². The van der Waals surface area contributed by atoms with Crippen LogP contribution in [0.4, 0.5) is 0 Å². The number of carbonyl (C=O) groups is 1. The van der Waals surface area contributed by atoms with Gasteiger partial charge in [-0.05, 0) is 24.3 Å². The van der Waals surface area contributed by atoms with E-state index in [0.29, 0.717) is 5.56 Å². The van der Waals surface area contributed by atoms with Crippen molar-refractivity contribution in [3.8, 4) is 6.07 Å². The summed E-state index contributed by atoms with van der Waals surface area (Å²) in [5, 5.41) is 9.35. The molecule has 0 amide bonds. The van der Waals surface area contributed by atoms with E-state index in [2.05, 4.69) is 4.98 Å². The Bertz CT molecular complexity index is 555. The second-order valence-electron chi connectivity index (χ2n) is 3.17. The zero-order valence-corrected chi connectivity index (χ0v) is 7.97. The Morgan fingerprint density at radius 2 is 2.27 bits per heavy atom. The molecule has 0 saturated heterocycles. The Morgan fingerprint density at radius 1 is 1.40 bits per heavy atom. The Morgan fingerprint density at radius 3 is 3.07 bits per heavy atom. The number of hydrogen-bond donors (Lipinski definition) is 0. The lowest BCUT2D eigenvalue weighted by atomic mass is 10.1. The number of nitriles is 1. The van der Waals surface area contributed by atoms with Crippen LogP contribution in [0, 0.1) is 11.3 Å². The number of nitrogens with zero attached hydrogens (tertiary/aromatic N) is 2. The van der Waals surface area contributed by atoms with Crippen molar-refractivity contribution in [3.05, 3.63) is 42.1 Å². The van der Waals surface area contributed by atoms with Crippen LogP contribution in [0.15, 0.2) is 36.5 Å². The maximum Gasteiger partial charge on any atom is 0.176 e. The molecule has 0 aliphatic heterocycles. The van der Waals surface area contributed by atoms with Crippen LogP contribution < -0.4 is 0 Å². The average Bonchev–Trinajstić information content (AvgIpc) is 2.29. The highest BCUT2D eigenvalue weighted by Gasteiger charge is 2.05. The number of benzene rings is 1. The molecule has 1 heterocycles. The van der Waals surface area contributed by atoms with Crippen molar-refractivity contribution in [3.63, 3.8) is 0 Å². The summed E-state index contributed by atoms with van der Waals surface area (Å²) in [7, 11) is 0. The van der Waals surface area contributed by atoms with Gasteiger partial charge in [0.15, 0.2) is 5.78 Å². The number of Topliss-reactive ketones (excluding diaryl/α,β-unsaturated/α-hetero) is 1. The molecule has 0 atom stereocenters. The highest BCUT2D eigenvalue weighted by molar-refractivity contribution is 6.00. The lowest BCUT2D eigenvalue weighted by molar-refractivity contribution is 0.0998. The molecule has 3 nitrogen and oxygen atoms in total. The van der Waals surface area contributed by atoms with E-state index in [1.54, 1.807) is 24.4 Å². The number of pyridine rings is 1. The molecule has 0 bridgehead atoms. The topological polar surface area (TPSA) is 53.8 Å². The summed E-state index contributed by atoms with van der Waals surface area (Å²) < 4.78 is 0. The minimum atomic E-state index is -0.150. The molecule has 2 aromatic rings. The molecule has 0 fully saturated rings. The summed E-state index contributed by atoms with van der Waals surface area (Å²) in [5.41, 5.74) is 1.42. The van der Waals surface area contributed by atoms with Crippen molar-refractivity contribution >= 4 is 16.7 Å². The normalized spacial score (nSPS) is 9.80. The lowest BCUT2D eigenvalue weighted by Gasteiger charge is -1.99. The predicted molar refractivity (Wildman–Crippen MR) is 56.3 cm³/mol. The van der Waals surface area contributed by atoms with Gasteiger partial charge in [0.2, 0.25) is 0 Å². The van der Waals surface area contributed by atoms with Crippen LogP contribution in [0.25, 0.3) is 10.9 Å². The van der Waals surface area contributed by atoms with E-state index in [4.69, 9.17) is 5.26 Å². The standard InChI is InChI=1S/C12H8N2O/c13-6-5-12(15)10-3-4-11-9(8-10)2-1-7-14-11/h1-4,7-8H,5H2. The van der Waals surface area contributed by atoms with Gasteiger partial charge >= 0.3 is 0 Å². The van der Waals surface area contributed by atoms with Gasteiger partial charge in [-0.2, -0.15) is 5.26 Å². The van der Waals surface area contributed by atoms with Crippen LogP contribution in [-0.4, -0.2) is 10.8 Å². The van der Waals surface area contributed by atoms with Crippen LogP contribution in [0.1, 0.15) is 16.8 Å². The van der Waals surface area contributed by atoms with Gasteiger partial charge in [-0.3, -0.25) is 9.78 Å². The number of fused-ring (bicyclic) bond motifs is 1. The van der Waals surface area contributed by atoms with Gasteiger partial charge in [-0.25, -0.2) is 0 Å². The number of hydrogen-bond acceptors (Lipinski definition) is 3. The summed E-state index contributed by atoms with van der Waals surface area (Å²) in [6.45, 7) is 0. The minimum Gasteiger partial charge on any atom is -0.293 e. The zero-order chi connectivity index (χ0) is 10.7. The van der Waals surface area contributed by atoms with Gasteiger partial charge in [-0.15, -0.1) is 0 Å². The van der Waals surface area contributed by atoms with E-state index in [-0.39, 0.29) is 12.2 Å². The van der Waals surface area contributed by atoms with Crippen molar-refractivity contribution in [1.29, 1.82) is 5.26 Å². The van der Waals surface area contributed by atoms with Gasteiger partial charge < -0.3 is 0 Å². The molecule has 1 aromatic heterocycles. The first kappa shape index (κ1) is 9.35. The lowest BCUT2D eigenvalue weighted by Crippen LogP contribution is -1.96. The molecule has 1 aromatic carbocycles. The maximum absolute atomic E-state index is 11.4. The third-order valence-corrected chi connectivity index (χ3v) is 2.16. The molecule has 15 heavy (non-hydrogen) atoms. The van der Waals surface area contributed by atoms with E-state index in [1.165, 1.54) is 0 Å². The predicted octanol–water partition coefficient (Wildman–Crippen LogP) is 2.33. The zero-order valence-electron chi connectivity index (χ0n) is 7.97. The van der Waals surface area contributed by atoms with E-state index < -0.39 is 0 Å². The third-order valence-electron chi connectivity index (χ3n) is 2.16. The van der Waals surface area contributed by atoms with Crippen LogP contribution in [0.2, 0.25) is 0 Å². The molecule has 72 valence electrons. The molecule has 0 aliphatic carbocycles. The third kappa shape index (κ3) is 1.84. The number of ketones is 1. The molecule has 2 rings (SSSR count). The number of rotatable bonds is 2. The van der Waals surface area contributed by atoms with Gasteiger partial charge in [-0.1, -0.05) is 6.07 Å². The largest absolute Gasteiger partial charge is 0.293 e. The number of aromatic nitrogens is 1. The quantitative estimate of drug-likeness (QED) is 0.692. The van der Waals surface area contributed by atoms with Crippen LogP contribution in [0.5, 0.6) is 0 Å². The summed E-state index contributed by atoms with van der Waals surface area (Å²) in [6, 6.07) is 10.8. The SMILES string of the molecule is N#CCC(=O)c1ccc2ncccc2c1. The first-order chi connectivity index (χ1) is 7.31. The number of carbonyl (C=O) groups excluding carboxylic acids is 1. The maximum atomic E-state index is 11.4. The molecular weight excluding hydrogens is 188 g/mol. The van der Waals surface area contributed by atoms with Crippen LogP contribution >= 0.6 is 0 Å². The second kappa shape index (κ2) is 3.89. The van der Waals surface area contributed by atoms with Gasteiger partial charge in [0.1, 0.15) is 0 Å². The fourth-order valence-corrected chi connectivity index (χ4v) is 1.42. The van der Waals surface area contributed by atoms with E-state index >= 15 is 0 Å². The fraction of sp³-hybridized carbons (Fsp3) is 0.0833. The average molecular weight is 196 g/mol. The first-order valence-corrected chi connectivity index (χ1v) is 4.56. The fourth-order valence-electron chi connectivity index (χ4n) is 1.42. The summed E-state index contributed by atoms with van der Waals surface area (Å²) in [6.07, 6.45) is 1.63. The van der Waals surface area contributed by atoms with Crippen molar-refractivity contribution in [2.24, 2.45) is 0 Å². The molecule has 0 N–H and O–H groups in total. The molecule has 0 saturated carbocycles. The highest BCUT2D eigenvalue weighted by Crippen LogP contribution is 2.14. The molecule has 0 aliphatic rings. The molecular formula is C12H8N2O. The Hall–Kier alpha value is -2.21. The smallest absolute Gasteiger partial charge is 0.176 e. The minimum absolute atomic E-state index is 0.0776. The van der Waals surface area contributed by atoms with Crippen molar-refractivity contribution in [2.45, 2.75) is 6.42 Å². The monoisotopic (exact) mass is 196 g/mol. The van der Waals surface area contributed by atoms with E-state index in [1.807, 2.05) is 18.2 Å². The van der Waals surface area contributed by atoms with E-state index in [9.17, 15) is 4.79 Å². The Balaban J connectivity index is 2.48. The highest BCUT2D eigenvalue weighted by atomic mass is 16.1. The summed E-state index contributed by atoms with van der Waals surface area (Å²) >= 11 is 0. The molecule has 0 spiro atoms. The second-order valence-corrected chi connectivity index (χ2v) is 3.17. The summed E-state index contributed by atoms with van der Waals surface area (Å²) in [5.74, 6) is -0.150. The van der Waals surface area contributed by atoms with Gasteiger partial charge in [0.05, 0.1) is 18.0 Å². The summed E-state index contributed by atoms with van der Waals surface area (Å²) in [4.78, 5) is 15.6. The van der Waals surface area contributed by atoms with Gasteiger partial charge in [0, 0.05) is 17.1 Å².